The van der Waals surface area contributed by atoms with E-state index >= 15 is 0 Å². The number of hydroxylamine groups is 1. The average molecular weight is 577 g/mol. The number of nitrogens with one attached hydrogen (secondary N) is 2. The van der Waals surface area contributed by atoms with Crippen molar-refractivity contribution in [3.63, 3.8) is 0 Å². The number of imidazole rings is 1. The highest BCUT2D eigenvalue weighted by atomic mass is 32.2. The number of carbonyl (C=O) groups excluding carboxylic acids is 1. The third kappa shape index (κ3) is 4.97. The highest BCUT2D eigenvalue weighted by Crippen LogP contribution is 2.40. The Kier molecular flexibility index (Phi) is 7.72. The van der Waals surface area contributed by atoms with E-state index in [4.69, 9.17) is 17.1 Å². The monoisotopic (exact) mass is 576 g/mol. The van der Waals surface area contributed by atoms with Crippen molar-refractivity contribution in [3.8, 4) is 0 Å². The van der Waals surface area contributed by atoms with Gasteiger partial charge in [0.2, 0.25) is 15.8 Å². The molecule has 1 saturated carbocycles. The minimum absolute atomic E-state index is 0.153. The lowest BCUT2D eigenvalue weighted by Gasteiger charge is -2.38. The zero-order valence-corrected chi connectivity index (χ0v) is 21.4. The topological polar surface area (TPSA) is 102 Å². The van der Waals surface area contributed by atoms with Crippen molar-refractivity contribution in [1.29, 1.82) is 0 Å². The van der Waals surface area contributed by atoms with E-state index in [1.54, 1.807) is 17.1 Å². The summed E-state index contributed by atoms with van der Waals surface area (Å²) in [5, 5.41) is 0. The molecule has 2 heterocycles. The zero-order chi connectivity index (χ0) is 27.8. The summed E-state index contributed by atoms with van der Waals surface area (Å²) < 4.78 is 96.4. The van der Waals surface area contributed by atoms with Crippen LogP contribution in [0.15, 0.2) is 35.6 Å². The molecule has 1 unspecified atom stereocenters. The highest BCUT2D eigenvalue weighted by Gasteiger charge is 2.40. The molecule has 2 N–H and O–H groups in total. The number of carbonyl (C=O) groups is 1. The lowest BCUT2D eigenvalue weighted by Crippen LogP contribution is -2.48. The Bertz CT molecular complexity index is 1490. The van der Waals surface area contributed by atoms with Gasteiger partial charge in [0, 0.05) is 18.6 Å². The molecule has 1 atom stereocenters. The van der Waals surface area contributed by atoms with Crippen LogP contribution in [0.4, 0.5) is 22.0 Å². The smallest absolute Gasteiger partial charge is 0.341 e. The molecule has 0 radical (unpaired) electrons. The minimum atomic E-state index is -5.37. The Morgan fingerprint density at radius 3 is 2.29 bits per heavy atom. The first-order valence-corrected chi connectivity index (χ1v) is 13.3. The SMILES string of the molecule is CC(NS(=O)(=O)c1c(F)c(F)c(F)c(F)c1F)C(=O)ONC(=S)C1(c2ccc3nccn3c2)CCCCC1. The van der Waals surface area contributed by atoms with Crippen LogP contribution in [-0.4, -0.2) is 34.8 Å². The fourth-order valence-electron chi connectivity index (χ4n) is 4.45. The molecule has 15 heteroatoms. The Labute approximate surface area is 219 Å². The molecule has 2 aromatic heterocycles. The number of rotatable bonds is 6. The number of aromatic nitrogens is 2. The van der Waals surface area contributed by atoms with Gasteiger partial charge < -0.3 is 9.24 Å². The summed E-state index contributed by atoms with van der Waals surface area (Å²) in [7, 11) is -5.37. The number of fused-ring (bicyclic) bond motifs is 1. The Balaban J connectivity index is 1.50. The van der Waals surface area contributed by atoms with E-state index in [0.717, 1.165) is 37.4 Å². The van der Waals surface area contributed by atoms with E-state index in [-0.39, 0.29) is 4.99 Å². The Morgan fingerprint density at radius 1 is 1.05 bits per heavy atom. The van der Waals surface area contributed by atoms with Crippen LogP contribution in [0.2, 0.25) is 0 Å². The number of hydrogen-bond acceptors (Lipinski definition) is 6. The van der Waals surface area contributed by atoms with Crippen LogP contribution >= 0.6 is 12.2 Å². The average Bonchev–Trinajstić information content (AvgIpc) is 3.37. The number of sulfonamides is 1. The van der Waals surface area contributed by atoms with Crippen molar-refractivity contribution in [1.82, 2.24) is 19.6 Å². The van der Waals surface area contributed by atoms with Gasteiger partial charge in [-0.1, -0.05) is 37.5 Å². The molecule has 3 aromatic rings. The molecule has 0 spiro atoms. The summed E-state index contributed by atoms with van der Waals surface area (Å²) in [5.74, 6) is -13.8. The van der Waals surface area contributed by atoms with Crippen molar-refractivity contribution >= 4 is 38.8 Å². The predicted octanol–water partition coefficient (Wildman–Crippen LogP) is 3.97. The maximum absolute atomic E-state index is 14.0. The first-order valence-electron chi connectivity index (χ1n) is 11.4. The molecule has 204 valence electrons. The van der Waals surface area contributed by atoms with E-state index in [0.29, 0.717) is 12.8 Å². The number of thiocarbonyl (C=S) groups is 1. The predicted molar refractivity (Wildman–Crippen MR) is 128 cm³/mol. The molecule has 1 aliphatic rings. The molecule has 4 rings (SSSR count). The lowest BCUT2D eigenvalue weighted by atomic mass is 9.70. The van der Waals surface area contributed by atoms with Gasteiger partial charge >= 0.3 is 5.97 Å². The summed E-state index contributed by atoms with van der Waals surface area (Å²) in [6.07, 6.45) is 9.21. The highest BCUT2D eigenvalue weighted by molar-refractivity contribution is 7.89. The summed E-state index contributed by atoms with van der Waals surface area (Å²) in [4.78, 5) is 19.7. The quantitative estimate of drug-likeness (QED) is 0.151. The van der Waals surface area contributed by atoms with Gasteiger partial charge in [-0.05, 0) is 31.4 Å². The van der Waals surface area contributed by atoms with Gasteiger partial charge in [-0.15, -0.1) is 0 Å². The second kappa shape index (κ2) is 10.5. The number of pyridine rings is 1. The van der Waals surface area contributed by atoms with Crippen LogP contribution in [0.3, 0.4) is 0 Å². The fourth-order valence-corrected chi connectivity index (χ4v) is 6.14. The summed E-state index contributed by atoms with van der Waals surface area (Å²) in [6, 6.07) is 1.88. The number of benzene rings is 1. The van der Waals surface area contributed by atoms with E-state index in [9.17, 15) is 35.2 Å². The van der Waals surface area contributed by atoms with Crippen LogP contribution in [-0.2, 0) is 25.1 Å². The molecule has 1 aromatic carbocycles. The summed E-state index contributed by atoms with van der Waals surface area (Å²) in [5.41, 5.74) is 3.25. The summed E-state index contributed by atoms with van der Waals surface area (Å²) in [6.45, 7) is 0.958. The maximum atomic E-state index is 14.0. The van der Waals surface area contributed by atoms with Crippen molar-refractivity contribution in [3.05, 3.63) is 65.4 Å². The van der Waals surface area contributed by atoms with E-state index in [1.807, 2.05) is 22.7 Å². The third-order valence-electron chi connectivity index (χ3n) is 6.45. The van der Waals surface area contributed by atoms with Crippen molar-refractivity contribution in [2.75, 3.05) is 0 Å². The molecule has 0 amide bonds. The maximum Gasteiger partial charge on any atom is 0.349 e. The molecule has 1 fully saturated rings. The third-order valence-corrected chi connectivity index (χ3v) is 8.48. The largest absolute Gasteiger partial charge is 0.349 e. The molecular weight excluding hydrogens is 555 g/mol. The van der Waals surface area contributed by atoms with Crippen LogP contribution in [0.25, 0.3) is 5.65 Å². The van der Waals surface area contributed by atoms with Gasteiger partial charge in [0.05, 0.1) is 5.41 Å². The second-order valence-electron chi connectivity index (χ2n) is 8.85. The van der Waals surface area contributed by atoms with Crippen LogP contribution in [0.5, 0.6) is 0 Å². The number of hydrogen-bond donors (Lipinski definition) is 2. The number of nitrogens with zero attached hydrogens (tertiary/aromatic N) is 2. The van der Waals surface area contributed by atoms with Gasteiger partial charge in [-0.3, -0.25) is 0 Å². The molecule has 0 bridgehead atoms. The van der Waals surface area contributed by atoms with Crippen LogP contribution in [0.1, 0.15) is 44.6 Å². The Hall–Kier alpha value is -3.17. The minimum Gasteiger partial charge on any atom is -0.341 e. The summed E-state index contributed by atoms with van der Waals surface area (Å²) >= 11 is 5.57. The molecule has 0 saturated heterocycles. The van der Waals surface area contributed by atoms with E-state index in [2.05, 4.69) is 10.5 Å². The van der Waals surface area contributed by atoms with Gasteiger partial charge in [0.1, 0.15) is 16.7 Å². The molecule has 8 nitrogen and oxygen atoms in total. The van der Waals surface area contributed by atoms with Crippen molar-refractivity contribution in [2.24, 2.45) is 0 Å². The van der Waals surface area contributed by atoms with Gasteiger partial charge in [0.25, 0.3) is 0 Å². The Morgan fingerprint density at radius 2 is 1.66 bits per heavy atom. The molecule has 38 heavy (non-hydrogen) atoms. The van der Waals surface area contributed by atoms with Crippen LogP contribution in [0, 0.1) is 29.1 Å². The van der Waals surface area contributed by atoms with Gasteiger partial charge in [-0.2, -0.15) is 4.72 Å². The molecular formula is C23H21F5N4O4S2. The molecule has 1 aliphatic carbocycles. The molecule has 0 aliphatic heterocycles. The lowest BCUT2D eigenvalue weighted by molar-refractivity contribution is -0.149. The second-order valence-corrected chi connectivity index (χ2v) is 10.9. The number of halogens is 5. The van der Waals surface area contributed by atoms with Crippen LogP contribution < -0.4 is 10.2 Å². The first kappa shape index (κ1) is 27.9. The van der Waals surface area contributed by atoms with Crippen molar-refractivity contribution in [2.45, 2.75) is 55.4 Å². The van der Waals surface area contributed by atoms with E-state index < -0.39 is 61.4 Å². The standard InChI is InChI=1S/C23H21F5N4O4S2/c1-12(31-38(34,35)20-18(27)16(25)15(24)17(26)19(20)28)21(33)36-30-22(37)23(7-3-2-4-8-23)13-5-6-14-29-9-10-32(14)11-13/h5-6,9-12,31H,2-4,7-8H2,1H3,(H,30,37). The van der Waals surface area contributed by atoms with E-state index in [1.165, 1.54) is 0 Å². The van der Waals surface area contributed by atoms with Gasteiger partial charge in [0.15, 0.2) is 28.2 Å². The first-order chi connectivity index (χ1) is 17.9. The van der Waals surface area contributed by atoms with Crippen molar-refractivity contribution < 1.29 is 40.0 Å². The van der Waals surface area contributed by atoms with Gasteiger partial charge in [-0.25, -0.2) is 45.6 Å². The normalized spacial score (nSPS) is 16.3. The zero-order valence-electron chi connectivity index (χ0n) is 19.7. The fraction of sp³-hybridized carbons (Fsp3) is 0.348.